The summed E-state index contributed by atoms with van der Waals surface area (Å²) in [5.41, 5.74) is 2.60. The number of hydrogen-bond acceptors (Lipinski definition) is 4. The Balaban J connectivity index is 1.73. The molecule has 0 spiro atoms. The molecule has 0 aliphatic rings. The number of aromatic nitrogens is 2. The van der Waals surface area contributed by atoms with Crippen LogP contribution in [0.1, 0.15) is 16.8 Å². The number of halogens is 1. The SMILES string of the molecule is Cc1ccc(S(=O)(=O)N(CC(=O)Nc2c(C)n(C)n(-c3ccccc3)c2=O)c2cc(Cl)ccc2C)cc1. The molecule has 192 valence electrons. The van der Waals surface area contributed by atoms with Crippen LogP contribution in [0.25, 0.3) is 5.69 Å². The number of rotatable bonds is 7. The fourth-order valence-electron chi connectivity index (χ4n) is 4.01. The van der Waals surface area contributed by atoms with Crippen LogP contribution in [0.4, 0.5) is 11.4 Å². The van der Waals surface area contributed by atoms with Gasteiger partial charge in [0.1, 0.15) is 12.2 Å². The van der Waals surface area contributed by atoms with Crippen LogP contribution >= 0.6 is 11.6 Å². The number of carbonyl (C=O) groups is 1. The number of benzene rings is 3. The van der Waals surface area contributed by atoms with E-state index < -0.39 is 28.0 Å². The maximum atomic E-state index is 13.7. The van der Waals surface area contributed by atoms with Crippen molar-refractivity contribution < 1.29 is 13.2 Å². The van der Waals surface area contributed by atoms with Gasteiger partial charge in [-0.15, -0.1) is 0 Å². The van der Waals surface area contributed by atoms with Crippen molar-refractivity contribution in [2.45, 2.75) is 25.7 Å². The van der Waals surface area contributed by atoms with E-state index in [1.807, 2.05) is 25.1 Å². The Kier molecular flexibility index (Phi) is 7.29. The molecule has 1 N–H and O–H groups in total. The van der Waals surface area contributed by atoms with Gasteiger partial charge in [0.25, 0.3) is 15.6 Å². The molecule has 1 heterocycles. The van der Waals surface area contributed by atoms with Gasteiger partial charge >= 0.3 is 0 Å². The molecule has 0 bridgehead atoms. The van der Waals surface area contributed by atoms with Gasteiger partial charge in [-0.25, -0.2) is 13.1 Å². The van der Waals surface area contributed by atoms with Crippen LogP contribution in [-0.2, 0) is 21.9 Å². The van der Waals surface area contributed by atoms with E-state index >= 15 is 0 Å². The van der Waals surface area contributed by atoms with Crippen LogP contribution in [0.2, 0.25) is 5.02 Å². The normalized spacial score (nSPS) is 11.4. The van der Waals surface area contributed by atoms with E-state index in [2.05, 4.69) is 5.32 Å². The van der Waals surface area contributed by atoms with Gasteiger partial charge in [-0.2, -0.15) is 0 Å². The maximum absolute atomic E-state index is 13.7. The van der Waals surface area contributed by atoms with Crippen molar-refractivity contribution in [2.24, 2.45) is 7.05 Å². The van der Waals surface area contributed by atoms with Crippen LogP contribution in [-0.4, -0.2) is 30.2 Å². The molecule has 4 aromatic rings. The molecule has 4 rings (SSSR count). The summed E-state index contributed by atoms with van der Waals surface area (Å²) < 4.78 is 31.5. The Morgan fingerprint density at radius 3 is 2.27 bits per heavy atom. The number of amides is 1. The second kappa shape index (κ2) is 10.3. The third-order valence-corrected chi connectivity index (χ3v) is 8.16. The van der Waals surface area contributed by atoms with Gasteiger partial charge in [-0.3, -0.25) is 18.6 Å². The molecule has 10 heteroatoms. The molecular weight excluding hydrogens is 512 g/mol. The van der Waals surface area contributed by atoms with Gasteiger partial charge in [0.2, 0.25) is 5.91 Å². The highest BCUT2D eigenvalue weighted by Gasteiger charge is 2.29. The quantitative estimate of drug-likeness (QED) is 0.372. The van der Waals surface area contributed by atoms with Gasteiger partial charge < -0.3 is 5.32 Å². The van der Waals surface area contributed by atoms with E-state index in [0.29, 0.717) is 22.0 Å². The number of nitrogens with zero attached hydrogens (tertiary/aromatic N) is 3. The molecule has 0 aliphatic heterocycles. The topological polar surface area (TPSA) is 93.4 Å². The minimum absolute atomic E-state index is 0.0348. The molecule has 0 radical (unpaired) electrons. The van der Waals surface area contributed by atoms with Crippen molar-refractivity contribution in [1.82, 2.24) is 9.36 Å². The summed E-state index contributed by atoms with van der Waals surface area (Å²) in [6, 6.07) is 20.2. The van der Waals surface area contributed by atoms with Crippen LogP contribution in [0, 0.1) is 20.8 Å². The van der Waals surface area contributed by atoms with E-state index in [1.165, 1.54) is 22.9 Å². The smallest absolute Gasteiger partial charge is 0.295 e. The van der Waals surface area contributed by atoms with Crippen molar-refractivity contribution >= 4 is 38.9 Å². The second-order valence-corrected chi connectivity index (χ2v) is 11.0. The lowest BCUT2D eigenvalue weighted by Crippen LogP contribution is -2.39. The van der Waals surface area contributed by atoms with Gasteiger partial charge in [-0.05, 0) is 62.7 Å². The fraction of sp³-hybridized carbons (Fsp3) is 0.185. The van der Waals surface area contributed by atoms with E-state index in [4.69, 9.17) is 11.6 Å². The van der Waals surface area contributed by atoms with Crippen LogP contribution in [0.15, 0.2) is 82.5 Å². The Labute approximate surface area is 220 Å². The Morgan fingerprint density at radius 1 is 0.973 bits per heavy atom. The molecule has 0 saturated heterocycles. The van der Waals surface area contributed by atoms with Gasteiger partial charge in [0.15, 0.2) is 0 Å². The summed E-state index contributed by atoms with van der Waals surface area (Å²) in [5.74, 6) is -0.666. The highest BCUT2D eigenvalue weighted by molar-refractivity contribution is 7.92. The zero-order valence-electron chi connectivity index (χ0n) is 20.9. The second-order valence-electron chi connectivity index (χ2n) is 8.74. The van der Waals surface area contributed by atoms with E-state index in [-0.39, 0.29) is 16.3 Å². The number of nitrogens with one attached hydrogen (secondary N) is 1. The third kappa shape index (κ3) is 5.19. The molecule has 0 fully saturated rings. The number of sulfonamides is 1. The molecule has 1 amide bonds. The molecular formula is C27H27ClN4O4S. The average Bonchev–Trinajstić information content (AvgIpc) is 3.07. The number of aryl methyl sites for hydroxylation is 2. The highest BCUT2D eigenvalue weighted by Crippen LogP contribution is 2.30. The maximum Gasteiger partial charge on any atom is 0.295 e. The van der Waals surface area contributed by atoms with Gasteiger partial charge in [0.05, 0.1) is 22.0 Å². The first-order valence-corrected chi connectivity index (χ1v) is 13.3. The lowest BCUT2D eigenvalue weighted by molar-refractivity contribution is -0.114. The molecule has 0 atom stereocenters. The summed E-state index contributed by atoms with van der Waals surface area (Å²) in [5, 5.41) is 2.97. The first-order valence-electron chi connectivity index (χ1n) is 11.5. The summed E-state index contributed by atoms with van der Waals surface area (Å²) in [7, 11) is -2.43. The third-order valence-electron chi connectivity index (χ3n) is 6.15. The Bertz CT molecular complexity index is 1630. The summed E-state index contributed by atoms with van der Waals surface area (Å²) in [4.78, 5) is 26.5. The molecule has 1 aromatic heterocycles. The summed E-state index contributed by atoms with van der Waals surface area (Å²) in [6.45, 7) is 4.74. The lowest BCUT2D eigenvalue weighted by atomic mass is 10.2. The van der Waals surface area contributed by atoms with Crippen LogP contribution in [0.3, 0.4) is 0 Å². The lowest BCUT2D eigenvalue weighted by Gasteiger charge is -2.25. The number of carbonyl (C=O) groups excluding carboxylic acids is 1. The van der Waals surface area contributed by atoms with E-state index in [9.17, 15) is 18.0 Å². The molecule has 0 unspecified atom stereocenters. The number of para-hydroxylation sites is 1. The zero-order valence-corrected chi connectivity index (χ0v) is 22.5. The molecule has 0 saturated carbocycles. The van der Waals surface area contributed by atoms with Crippen molar-refractivity contribution in [1.29, 1.82) is 0 Å². The average molecular weight is 539 g/mol. The molecule has 0 aliphatic carbocycles. The van der Waals surface area contributed by atoms with Crippen LogP contribution < -0.4 is 15.2 Å². The minimum Gasteiger partial charge on any atom is -0.318 e. The fourth-order valence-corrected chi connectivity index (χ4v) is 5.65. The first-order chi connectivity index (χ1) is 17.5. The number of anilines is 2. The van der Waals surface area contributed by atoms with E-state index in [0.717, 1.165) is 9.87 Å². The van der Waals surface area contributed by atoms with Gasteiger partial charge in [-0.1, -0.05) is 53.6 Å². The predicted molar refractivity (Wildman–Crippen MR) is 146 cm³/mol. The van der Waals surface area contributed by atoms with E-state index in [1.54, 1.807) is 62.0 Å². The van der Waals surface area contributed by atoms with Crippen molar-refractivity contribution in [2.75, 3.05) is 16.2 Å². The molecule has 37 heavy (non-hydrogen) atoms. The Hall–Kier alpha value is -3.82. The van der Waals surface area contributed by atoms with Crippen molar-refractivity contribution in [3.05, 3.63) is 105 Å². The van der Waals surface area contributed by atoms with Gasteiger partial charge in [0, 0.05) is 12.1 Å². The van der Waals surface area contributed by atoms with Crippen molar-refractivity contribution in [3.63, 3.8) is 0 Å². The largest absolute Gasteiger partial charge is 0.318 e. The molecule has 3 aromatic carbocycles. The zero-order chi connectivity index (χ0) is 26.9. The highest BCUT2D eigenvalue weighted by atomic mass is 35.5. The first kappa shape index (κ1) is 26.2. The Morgan fingerprint density at radius 2 is 1.62 bits per heavy atom. The minimum atomic E-state index is -4.14. The monoisotopic (exact) mass is 538 g/mol. The summed E-state index contributed by atoms with van der Waals surface area (Å²) in [6.07, 6.45) is 0. The van der Waals surface area contributed by atoms with Crippen molar-refractivity contribution in [3.8, 4) is 5.69 Å². The summed E-state index contributed by atoms with van der Waals surface area (Å²) >= 11 is 6.20. The molecule has 8 nitrogen and oxygen atoms in total. The van der Waals surface area contributed by atoms with Crippen LogP contribution in [0.5, 0.6) is 0 Å². The standard InChI is InChI=1S/C27H27ClN4O4S/c1-18-10-14-23(15-11-18)37(35,36)31(24-16-21(28)13-12-19(24)2)17-25(33)29-26-20(3)30(4)32(27(26)34)22-8-6-5-7-9-22/h5-16H,17H2,1-4H3,(H,29,33). The predicted octanol–water partition coefficient (Wildman–Crippen LogP) is 4.59. The number of hydrogen-bond donors (Lipinski definition) is 1.